The normalized spacial score (nSPS) is 11.4. The third-order valence-electron chi connectivity index (χ3n) is 4.72. The Hall–Kier alpha value is -3.51. The fourth-order valence-electron chi connectivity index (χ4n) is 2.99. The van der Waals surface area contributed by atoms with Crippen molar-refractivity contribution in [2.24, 2.45) is 0 Å². The lowest BCUT2D eigenvalue weighted by atomic mass is 10.1. The Kier molecular flexibility index (Phi) is 5.57. The molecule has 158 valence electrons. The van der Waals surface area contributed by atoms with E-state index in [1.54, 1.807) is 63.4 Å². The Balaban J connectivity index is 1.51. The standard InChI is InChI=1S/C24H21ClN2O4/c1-24(2,31-19-11-6-16(25)7-12-19)23(28)26-17-8-13-21-20(14-17)27-22(30-21)15-4-9-18(29-3)10-5-15/h4-14H,1-3H3,(H,26,28). The predicted molar refractivity (Wildman–Crippen MR) is 121 cm³/mol. The molecule has 6 nitrogen and oxygen atoms in total. The van der Waals surface area contributed by atoms with Crippen LogP contribution in [0.2, 0.25) is 5.02 Å². The Morgan fingerprint density at radius 3 is 2.35 bits per heavy atom. The maximum atomic E-state index is 12.8. The number of halogens is 1. The van der Waals surface area contributed by atoms with Gasteiger partial charge in [0, 0.05) is 16.3 Å². The molecular weight excluding hydrogens is 416 g/mol. The van der Waals surface area contributed by atoms with Gasteiger partial charge in [0.25, 0.3) is 5.91 Å². The molecular formula is C24H21ClN2O4. The van der Waals surface area contributed by atoms with Gasteiger partial charge in [-0.3, -0.25) is 4.79 Å². The SMILES string of the molecule is COc1ccc(-c2nc3cc(NC(=O)C(C)(C)Oc4ccc(Cl)cc4)ccc3o2)cc1. The minimum Gasteiger partial charge on any atom is -0.497 e. The number of methoxy groups -OCH3 is 1. The average Bonchev–Trinajstić information content (AvgIpc) is 3.18. The number of aromatic nitrogens is 1. The smallest absolute Gasteiger partial charge is 0.267 e. The quantitative estimate of drug-likeness (QED) is 0.404. The van der Waals surface area contributed by atoms with Crippen LogP contribution in [0.4, 0.5) is 5.69 Å². The van der Waals surface area contributed by atoms with Crippen LogP contribution in [0, 0.1) is 0 Å². The van der Waals surface area contributed by atoms with E-state index < -0.39 is 5.60 Å². The first kappa shape index (κ1) is 20.8. The van der Waals surface area contributed by atoms with Gasteiger partial charge in [-0.15, -0.1) is 0 Å². The van der Waals surface area contributed by atoms with E-state index in [-0.39, 0.29) is 5.91 Å². The monoisotopic (exact) mass is 436 g/mol. The molecule has 7 heteroatoms. The average molecular weight is 437 g/mol. The van der Waals surface area contributed by atoms with E-state index in [1.807, 2.05) is 24.3 Å². The van der Waals surface area contributed by atoms with Crippen molar-refractivity contribution in [2.75, 3.05) is 12.4 Å². The molecule has 0 aliphatic heterocycles. The molecule has 0 aliphatic carbocycles. The van der Waals surface area contributed by atoms with Crippen molar-refractivity contribution in [3.8, 4) is 23.0 Å². The largest absolute Gasteiger partial charge is 0.497 e. The van der Waals surface area contributed by atoms with E-state index in [0.717, 1.165) is 11.3 Å². The number of oxazole rings is 1. The fraction of sp³-hybridized carbons (Fsp3) is 0.167. The van der Waals surface area contributed by atoms with Crippen LogP contribution in [0.1, 0.15) is 13.8 Å². The Bertz CT molecular complexity index is 1210. The minimum atomic E-state index is -1.10. The Morgan fingerprint density at radius 1 is 1.00 bits per heavy atom. The second-order valence-corrected chi connectivity index (χ2v) is 7.89. The van der Waals surface area contributed by atoms with E-state index in [9.17, 15) is 4.79 Å². The van der Waals surface area contributed by atoms with Gasteiger partial charge in [0.05, 0.1) is 7.11 Å². The summed E-state index contributed by atoms with van der Waals surface area (Å²) in [6.07, 6.45) is 0. The zero-order valence-electron chi connectivity index (χ0n) is 17.3. The van der Waals surface area contributed by atoms with Crippen molar-refractivity contribution < 1.29 is 18.7 Å². The molecule has 31 heavy (non-hydrogen) atoms. The molecule has 0 aliphatic rings. The molecule has 0 radical (unpaired) electrons. The van der Waals surface area contributed by atoms with Crippen LogP contribution in [0.15, 0.2) is 71.1 Å². The Labute approximate surface area is 184 Å². The molecule has 3 aromatic carbocycles. The summed E-state index contributed by atoms with van der Waals surface area (Å²) in [5, 5.41) is 3.48. The third-order valence-corrected chi connectivity index (χ3v) is 4.97. The molecule has 1 heterocycles. The maximum absolute atomic E-state index is 12.8. The second-order valence-electron chi connectivity index (χ2n) is 7.45. The lowest BCUT2D eigenvalue weighted by molar-refractivity contribution is -0.128. The summed E-state index contributed by atoms with van der Waals surface area (Å²) in [6, 6.07) is 19.6. The highest BCUT2D eigenvalue weighted by atomic mass is 35.5. The third kappa shape index (κ3) is 4.64. The topological polar surface area (TPSA) is 73.6 Å². The molecule has 4 rings (SSSR count). The number of nitrogens with one attached hydrogen (secondary N) is 1. The molecule has 1 aromatic heterocycles. The summed E-state index contributed by atoms with van der Waals surface area (Å²) in [5.41, 5.74) is 1.60. The van der Waals surface area contributed by atoms with Crippen LogP contribution in [0.3, 0.4) is 0 Å². The number of rotatable bonds is 6. The predicted octanol–water partition coefficient (Wildman–Crippen LogP) is 5.95. The van der Waals surface area contributed by atoms with Gasteiger partial charge in [0.1, 0.15) is 17.0 Å². The zero-order valence-corrected chi connectivity index (χ0v) is 18.1. The number of anilines is 1. The first-order chi connectivity index (χ1) is 14.8. The summed E-state index contributed by atoms with van der Waals surface area (Å²) in [4.78, 5) is 17.4. The summed E-state index contributed by atoms with van der Waals surface area (Å²) < 4.78 is 16.9. The van der Waals surface area contributed by atoms with Gasteiger partial charge in [-0.25, -0.2) is 4.98 Å². The number of benzene rings is 3. The van der Waals surface area contributed by atoms with Gasteiger partial charge >= 0.3 is 0 Å². The van der Waals surface area contributed by atoms with E-state index in [2.05, 4.69) is 10.3 Å². The van der Waals surface area contributed by atoms with E-state index in [0.29, 0.717) is 33.4 Å². The molecule has 1 N–H and O–H groups in total. The van der Waals surface area contributed by atoms with Crippen LogP contribution in [0.25, 0.3) is 22.6 Å². The van der Waals surface area contributed by atoms with Crippen LogP contribution in [-0.2, 0) is 4.79 Å². The highest BCUT2D eigenvalue weighted by Gasteiger charge is 2.30. The summed E-state index contributed by atoms with van der Waals surface area (Å²) in [6.45, 7) is 3.40. The number of hydrogen-bond donors (Lipinski definition) is 1. The second kappa shape index (κ2) is 8.32. The molecule has 0 fully saturated rings. The van der Waals surface area contributed by atoms with Crippen LogP contribution >= 0.6 is 11.6 Å². The van der Waals surface area contributed by atoms with Gasteiger partial charge in [-0.1, -0.05) is 11.6 Å². The number of fused-ring (bicyclic) bond motifs is 1. The van der Waals surface area contributed by atoms with Crippen molar-refractivity contribution in [1.29, 1.82) is 0 Å². The van der Waals surface area contributed by atoms with E-state index in [4.69, 9.17) is 25.5 Å². The minimum absolute atomic E-state index is 0.291. The maximum Gasteiger partial charge on any atom is 0.267 e. The summed E-state index contributed by atoms with van der Waals surface area (Å²) in [5.74, 6) is 1.52. The molecule has 0 saturated carbocycles. The van der Waals surface area contributed by atoms with Gasteiger partial charge in [0.15, 0.2) is 11.2 Å². The summed E-state index contributed by atoms with van der Waals surface area (Å²) >= 11 is 5.90. The molecule has 0 spiro atoms. The number of nitrogens with zero attached hydrogens (tertiary/aromatic N) is 1. The van der Waals surface area contributed by atoms with Gasteiger partial charge in [0.2, 0.25) is 5.89 Å². The summed E-state index contributed by atoms with van der Waals surface area (Å²) in [7, 11) is 1.62. The van der Waals surface area contributed by atoms with E-state index >= 15 is 0 Å². The first-order valence-corrected chi connectivity index (χ1v) is 10.0. The fourth-order valence-corrected chi connectivity index (χ4v) is 3.11. The molecule has 0 atom stereocenters. The zero-order chi connectivity index (χ0) is 22.0. The van der Waals surface area contributed by atoms with Gasteiger partial charge < -0.3 is 19.2 Å². The molecule has 0 saturated heterocycles. The van der Waals surface area contributed by atoms with Crippen molar-refractivity contribution in [3.05, 3.63) is 71.8 Å². The lowest BCUT2D eigenvalue weighted by Crippen LogP contribution is -2.42. The number of hydrogen-bond acceptors (Lipinski definition) is 5. The molecule has 0 unspecified atom stereocenters. The van der Waals surface area contributed by atoms with Crippen molar-refractivity contribution in [2.45, 2.75) is 19.4 Å². The molecule has 0 bridgehead atoms. The van der Waals surface area contributed by atoms with Crippen LogP contribution < -0.4 is 14.8 Å². The van der Waals surface area contributed by atoms with Crippen molar-refractivity contribution in [3.63, 3.8) is 0 Å². The number of amides is 1. The van der Waals surface area contributed by atoms with Gasteiger partial charge in [-0.05, 0) is 80.6 Å². The molecule has 1 amide bonds. The highest BCUT2D eigenvalue weighted by Crippen LogP contribution is 2.28. The first-order valence-electron chi connectivity index (χ1n) is 9.65. The molecule has 4 aromatic rings. The van der Waals surface area contributed by atoms with Crippen molar-refractivity contribution in [1.82, 2.24) is 4.98 Å². The highest BCUT2D eigenvalue weighted by molar-refractivity contribution is 6.30. The Morgan fingerprint density at radius 2 is 1.68 bits per heavy atom. The number of ether oxygens (including phenoxy) is 2. The van der Waals surface area contributed by atoms with Gasteiger partial charge in [-0.2, -0.15) is 0 Å². The van der Waals surface area contributed by atoms with Crippen LogP contribution in [-0.4, -0.2) is 23.6 Å². The number of carbonyl (C=O) groups excluding carboxylic acids is 1. The van der Waals surface area contributed by atoms with Crippen molar-refractivity contribution >= 4 is 34.3 Å². The number of carbonyl (C=O) groups is 1. The lowest BCUT2D eigenvalue weighted by Gasteiger charge is -2.25. The van der Waals surface area contributed by atoms with Crippen LogP contribution in [0.5, 0.6) is 11.5 Å². The van der Waals surface area contributed by atoms with E-state index in [1.165, 1.54) is 0 Å².